The summed E-state index contributed by atoms with van der Waals surface area (Å²) in [6.07, 6.45) is 4.63. The number of hydrogen-bond donors (Lipinski definition) is 2. The molecule has 7 heteroatoms. The fourth-order valence-electron chi connectivity index (χ4n) is 3.28. The number of primary amides is 1. The molecule has 1 fully saturated rings. The number of nitrogens with two attached hydrogens (primary N) is 1. The van der Waals surface area contributed by atoms with Gasteiger partial charge in [0.05, 0.1) is 28.8 Å². The smallest absolute Gasteiger partial charge is 0.306 e. The maximum Gasteiger partial charge on any atom is 0.306 e. The van der Waals surface area contributed by atoms with E-state index in [0.29, 0.717) is 36.3 Å². The molecule has 0 bridgehead atoms. The topological polar surface area (TPSA) is 98.2 Å². The average molecular weight is 319 g/mol. The molecule has 0 atom stereocenters. The normalized spacial score (nSPS) is 21.4. The highest BCUT2D eigenvalue weighted by molar-refractivity contribution is 5.96. The van der Waals surface area contributed by atoms with Crippen LogP contribution in [-0.4, -0.2) is 26.5 Å². The fraction of sp³-hybridized carbons (Fsp3) is 0.438. The molecule has 122 valence electrons. The van der Waals surface area contributed by atoms with E-state index in [1.54, 1.807) is 6.33 Å². The van der Waals surface area contributed by atoms with Gasteiger partial charge in [0.15, 0.2) is 0 Å². The van der Waals surface area contributed by atoms with E-state index in [-0.39, 0.29) is 11.5 Å². The van der Waals surface area contributed by atoms with Crippen LogP contribution in [0.5, 0.6) is 0 Å². The zero-order chi connectivity index (χ0) is 16.6. The summed E-state index contributed by atoms with van der Waals surface area (Å²) in [6, 6.07) is 2.65. The third kappa shape index (κ3) is 3.04. The molecular formula is C16H18FN3O3. The molecule has 1 aromatic carbocycles. The zero-order valence-electron chi connectivity index (χ0n) is 12.5. The number of carboxylic acids is 1. The van der Waals surface area contributed by atoms with Crippen molar-refractivity contribution in [2.45, 2.75) is 32.2 Å². The van der Waals surface area contributed by atoms with Crippen LogP contribution in [0.3, 0.4) is 0 Å². The number of fused-ring (bicyclic) bond motifs is 1. The molecule has 1 amide bonds. The van der Waals surface area contributed by atoms with E-state index in [9.17, 15) is 14.0 Å². The molecule has 0 saturated heterocycles. The van der Waals surface area contributed by atoms with Crippen molar-refractivity contribution in [1.82, 2.24) is 9.55 Å². The highest BCUT2D eigenvalue weighted by Crippen LogP contribution is 2.31. The first-order valence-electron chi connectivity index (χ1n) is 7.62. The van der Waals surface area contributed by atoms with Gasteiger partial charge in [-0.3, -0.25) is 9.59 Å². The quantitative estimate of drug-likeness (QED) is 0.902. The lowest BCUT2D eigenvalue weighted by atomic mass is 9.82. The maximum atomic E-state index is 13.9. The van der Waals surface area contributed by atoms with Crippen molar-refractivity contribution in [3.8, 4) is 0 Å². The Morgan fingerprint density at radius 3 is 2.61 bits per heavy atom. The fourth-order valence-corrected chi connectivity index (χ4v) is 3.28. The van der Waals surface area contributed by atoms with Gasteiger partial charge in [-0.1, -0.05) is 0 Å². The van der Waals surface area contributed by atoms with E-state index < -0.39 is 17.7 Å². The van der Waals surface area contributed by atoms with Crippen LogP contribution in [0.2, 0.25) is 0 Å². The second-order valence-electron chi connectivity index (χ2n) is 6.14. The number of rotatable bonds is 4. The maximum absolute atomic E-state index is 13.9. The molecule has 1 saturated carbocycles. The summed E-state index contributed by atoms with van der Waals surface area (Å²) in [7, 11) is 0. The zero-order valence-corrected chi connectivity index (χ0v) is 12.5. The minimum Gasteiger partial charge on any atom is -0.481 e. The van der Waals surface area contributed by atoms with Crippen LogP contribution in [-0.2, 0) is 11.3 Å². The van der Waals surface area contributed by atoms with E-state index in [1.165, 1.54) is 12.1 Å². The van der Waals surface area contributed by atoms with Crippen molar-refractivity contribution in [1.29, 1.82) is 0 Å². The molecule has 3 rings (SSSR count). The number of carboxylic acid groups (broad SMARTS) is 1. The molecule has 1 aromatic heterocycles. The summed E-state index contributed by atoms with van der Waals surface area (Å²) in [6.45, 7) is 0.665. The average Bonchev–Trinajstić information content (AvgIpc) is 2.89. The number of carbonyl (C=O) groups is 2. The Morgan fingerprint density at radius 2 is 2.00 bits per heavy atom. The Balaban J connectivity index is 1.78. The molecule has 0 unspecified atom stereocenters. The summed E-state index contributed by atoms with van der Waals surface area (Å²) in [4.78, 5) is 26.4. The Bertz CT molecular complexity index is 763. The monoisotopic (exact) mass is 319 g/mol. The molecule has 0 spiro atoms. The summed E-state index contributed by atoms with van der Waals surface area (Å²) in [5, 5.41) is 9.03. The number of nitrogens with zero attached hydrogens (tertiary/aromatic N) is 2. The SMILES string of the molecule is NC(=O)c1cc2ncn(CC3CCC(C(=O)O)CC3)c2cc1F. The molecule has 3 N–H and O–H groups in total. The van der Waals surface area contributed by atoms with Gasteiger partial charge in [-0.25, -0.2) is 9.37 Å². The van der Waals surface area contributed by atoms with Gasteiger partial charge in [0.25, 0.3) is 5.91 Å². The van der Waals surface area contributed by atoms with Gasteiger partial charge in [0.1, 0.15) is 5.82 Å². The van der Waals surface area contributed by atoms with Crippen LogP contribution >= 0.6 is 0 Å². The third-order valence-corrected chi connectivity index (χ3v) is 4.63. The largest absolute Gasteiger partial charge is 0.481 e. The van der Waals surface area contributed by atoms with Crippen LogP contribution in [0.25, 0.3) is 11.0 Å². The predicted molar refractivity (Wildman–Crippen MR) is 81.3 cm³/mol. The van der Waals surface area contributed by atoms with Crippen molar-refractivity contribution in [2.24, 2.45) is 17.6 Å². The van der Waals surface area contributed by atoms with Crippen molar-refractivity contribution in [2.75, 3.05) is 0 Å². The van der Waals surface area contributed by atoms with Crippen molar-refractivity contribution >= 4 is 22.9 Å². The molecule has 1 heterocycles. The lowest BCUT2D eigenvalue weighted by Crippen LogP contribution is -2.23. The first-order chi connectivity index (χ1) is 11.0. The van der Waals surface area contributed by atoms with E-state index >= 15 is 0 Å². The van der Waals surface area contributed by atoms with Crippen LogP contribution in [0.15, 0.2) is 18.5 Å². The van der Waals surface area contributed by atoms with Gasteiger partial charge in [-0.2, -0.15) is 0 Å². The van der Waals surface area contributed by atoms with Crippen molar-refractivity contribution in [3.63, 3.8) is 0 Å². The second kappa shape index (κ2) is 5.98. The van der Waals surface area contributed by atoms with Gasteiger partial charge in [-0.05, 0) is 37.7 Å². The summed E-state index contributed by atoms with van der Waals surface area (Å²) < 4.78 is 15.8. The van der Waals surface area contributed by atoms with Crippen molar-refractivity contribution in [3.05, 3.63) is 29.8 Å². The Kier molecular flexibility index (Phi) is 4.02. The van der Waals surface area contributed by atoms with Crippen molar-refractivity contribution < 1.29 is 19.1 Å². The molecule has 1 aliphatic rings. The molecule has 0 radical (unpaired) electrons. The summed E-state index contributed by atoms with van der Waals surface area (Å²) in [5.74, 6) is -2.09. The molecular weight excluding hydrogens is 301 g/mol. The Labute approximate surface area is 132 Å². The number of aliphatic carboxylic acids is 1. The minimum atomic E-state index is -0.814. The highest BCUT2D eigenvalue weighted by atomic mass is 19.1. The number of benzene rings is 1. The van der Waals surface area contributed by atoms with Gasteiger partial charge >= 0.3 is 5.97 Å². The number of halogens is 1. The Morgan fingerprint density at radius 1 is 1.30 bits per heavy atom. The van der Waals surface area contributed by atoms with E-state index in [1.807, 2.05) is 4.57 Å². The van der Waals surface area contributed by atoms with Gasteiger partial charge in [-0.15, -0.1) is 0 Å². The van der Waals surface area contributed by atoms with E-state index in [0.717, 1.165) is 12.8 Å². The predicted octanol–water partition coefficient (Wildman–Crippen LogP) is 2.17. The first kappa shape index (κ1) is 15.5. The number of imidazole rings is 1. The van der Waals surface area contributed by atoms with E-state index in [4.69, 9.17) is 10.8 Å². The number of aromatic nitrogens is 2. The molecule has 1 aliphatic carbocycles. The number of hydrogen-bond acceptors (Lipinski definition) is 3. The standard InChI is InChI=1S/C16H18FN3O3/c17-12-6-14-13(5-11(12)15(18)21)19-8-20(14)7-9-1-3-10(4-2-9)16(22)23/h5-6,8-10H,1-4,7H2,(H2,18,21)(H,22,23). The number of carbonyl (C=O) groups excluding carboxylic acids is 1. The third-order valence-electron chi connectivity index (χ3n) is 4.63. The highest BCUT2D eigenvalue weighted by Gasteiger charge is 2.26. The number of amides is 1. The molecule has 23 heavy (non-hydrogen) atoms. The van der Waals surface area contributed by atoms with E-state index in [2.05, 4.69) is 4.98 Å². The van der Waals surface area contributed by atoms with Crippen LogP contribution in [0.4, 0.5) is 4.39 Å². The molecule has 2 aromatic rings. The molecule has 6 nitrogen and oxygen atoms in total. The lowest BCUT2D eigenvalue weighted by Gasteiger charge is -2.26. The minimum absolute atomic E-state index is 0.162. The van der Waals surface area contributed by atoms with Crippen LogP contribution in [0.1, 0.15) is 36.0 Å². The van der Waals surface area contributed by atoms with Gasteiger partial charge < -0.3 is 15.4 Å². The lowest BCUT2D eigenvalue weighted by molar-refractivity contribution is -0.143. The first-order valence-corrected chi connectivity index (χ1v) is 7.62. The summed E-state index contributed by atoms with van der Waals surface area (Å²) >= 11 is 0. The molecule has 0 aliphatic heterocycles. The van der Waals surface area contributed by atoms with Gasteiger partial charge in [0, 0.05) is 12.6 Å². The second-order valence-corrected chi connectivity index (χ2v) is 6.14. The van der Waals surface area contributed by atoms with Crippen LogP contribution in [0, 0.1) is 17.7 Å². The van der Waals surface area contributed by atoms with Crippen LogP contribution < -0.4 is 5.73 Å². The summed E-state index contributed by atoms with van der Waals surface area (Å²) in [5.41, 5.74) is 6.12. The van der Waals surface area contributed by atoms with Gasteiger partial charge in [0.2, 0.25) is 0 Å². The Hall–Kier alpha value is -2.44.